The van der Waals surface area contributed by atoms with Gasteiger partial charge in [0.1, 0.15) is 6.04 Å². The molecule has 1 aromatic carbocycles. The van der Waals surface area contributed by atoms with E-state index in [1.54, 1.807) is 0 Å². The fraction of sp³-hybridized carbons (Fsp3) is 0.500. The Morgan fingerprint density at radius 1 is 1.24 bits per heavy atom. The van der Waals surface area contributed by atoms with Crippen LogP contribution in [0.15, 0.2) is 30.3 Å². The standard InChI is InChI=1S/C14H20N2O/c1-10-8-16(9-11(10)2)14(17)13(15)12-6-4-3-5-7-12/h3-7,10-11,13H,8-9,15H2,1-2H3. The zero-order valence-electron chi connectivity index (χ0n) is 10.5. The molecule has 92 valence electrons. The topological polar surface area (TPSA) is 46.3 Å². The molecule has 0 bridgehead atoms. The molecule has 17 heavy (non-hydrogen) atoms. The Morgan fingerprint density at radius 3 is 2.29 bits per heavy atom. The summed E-state index contributed by atoms with van der Waals surface area (Å²) < 4.78 is 0. The Labute approximate surface area is 103 Å². The van der Waals surface area contributed by atoms with Crippen LogP contribution in [0.1, 0.15) is 25.5 Å². The second-order valence-corrected chi connectivity index (χ2v) is 5.09. The molecule has 1 aromatic rings. The Bertz CT molecular complexity index is 380. The average molecular weight is 232 g/mol. The molecule has 0 saturated carbocycles. The first kappa shape index (κ1) is 12.1. The van der Waals surface area contributed by atoms with Crippen molar-refractivity contribution >= 4 is 5.91 Å². The highest BCUT2D eigenvalue weighted by atomic mass is 16.2. The van der Waals surface area contributed by atoms with Gasteiger partial charge in [0.05, 0.1) is 0 Å². The van der Waals surface area contributed by atoms with Crippen LogP contribution in [0.5, 0.6) is 0 Å². The van der Waals surface area contributed by atoms with Gasteiger partial charge in [-0.3, -0.25) is 4.79 Å². The first-order valence-corrected chi connectivity index (χ1v) is 6.19. The molecule has 0 aromatic heterocycles. The highest BCUT2D eigenvalue weighted by Crippen LogP contribution is 2.24. The number of carbonyl (C=O) groups excluding carboxylic acids is 1. The van der Waals surface area contributed by atoms with Crippen LogP contribution in [0.4, 0.5) is 0 Å². The Hall–Kier alpha value is -1.35. The van der Waals surface area contributed by atoms with Crippen molar-refractivity contribution in [3.05, 3.63) is 35.9 Å². The van der Waals surface area contributed by atoms with Crippen LogP contribution in [-0.2, 0) is 4.79 Å². The highest BCUT2D eigenvalue weighted by molar-refractivity contribution is 5.83. The third kappa shape index (κ3) is 2.50. The van der Waals surface area contributed by atoms with Crippen molar-refractivity contribution in [1.29, 1.82) is 0 Å². The molecule has 1 amide bonds. The van der Waals surface area contributed by atoms with E-state index in [0.29, 0.717) is 11.8 Å². The lowest BCUT2D eigenvalue weighted by Gasteiger charge is -2.21. The van der Waals surface area contributed by atoms with E-state index in [0.717, 1.165) is 18.7 Å². The van der Waals surface area contributed by atoms with Gasteiger partial charge in [-0.05, 0) is 17.4 Å². The largest absolute Gasteiger partial charge is 0.340 e. The maximum absolute atomic E-state index is 12.2. The number of nitrogens with two attached hydrogens (primary N) is 1. The number of rotatable bonds is 2. The number of hydrogen-bond acceptors (Lipinski definition) is 2. The van der Waals surface area contributed by atoms with Crippen molar-refractivity contribution in [2.24, 2.45) is 17.6 Å². The normalized spacial score (nSPS) is 25.9. The van der Waals surface area contributed by atoms with E-state index in [2.05, 4.69) is 13.8 Å². The first-order valence-electron chi connectivity index (χ1n) is 6.19. The molecule has 1 aliphatic rings. The fourth-order valence-corrected chi connectivity index (χ4v) is 2.31. The lowest BCUT2D eigenvalue weighted by molar-refractivity contribution is -0.131. The summed E-state index contributed by atoms with van der Waals surface area (Å²) in [5.41, 5.74) is 6.91. The second kappa shape index (κ2) is 4.88. The highest BCUT2D eigenvalue weighted by Gasteiger charge is 2.32. The quantitative estimate of drug-likeness (QED) is 0.845. The van der Waals surface area contributed by atoms with Gasteiger partial charge in [-0.15, -0.1) is 0 Å². The molecule has 1 aliphatic heterocycles. The molecular formula is C14H20N2O. The molecule has 1 fully saturated rings. The van der Waals surface area contributed by atoms with E-state index in [1.165, 1.54) is 0 Å². The minimum Gasteiger partial charge on any atom is -0.340 e. The van der Waals surface area contributed by atoms with E-state index in [9.17, 15) is 4.79 Å². The zero-order chi connectivity index (χ0) is 12.4. The van der Waals surface area contributed by atoms with Gasteiger partial charge in [0.2, 0.25) is 5.91 Å². The van der Waals surface area contributed by atoms with Crippen LogP contribution in [0.3, 0.4) is 0 Å². The van der Waals surface area contributed by atoms with E-state index >= 15 is 0 Å². The van der Waals surface area contributed by atoms with Crippen LogP contribution in [0.2, 0.25) is 0 Å². The predicted molar refractivity (Wildman–Crippen MR) is 68.3 cm³/mol. The van der Waals surface area contributed by atoms with Gasteiger partial charge in [-0.25, -0.2) is 0 Å². The van der Waals surface area contributed by atoms with Crippen molar-refractivity contribution < 1.29 is 4.79 Å². The molecule has 3 atom stereocenters. The molecule has 1 heterocycles. The van der Waals surface area contributed by atoms with E-state index in [-0.39, 0.29) is 5.91 Å². The van der Waals surface area contributed by atoms with Crippen molar-refractivity contribution in [3.63, 3.8) is 0 Å². The van der Waals surface area contributed by atoms with Crippen molar-refractivity contribution in [1.82, 2.24) is 4.90 Å². The van der Waals surface area contributed by atoms with Gasteiger partial charge in [-0.2, -0.15) is 0 Å². The molecular weight excluding hydrogens is 212 g/mol. The number of amides is 1. The second-order valence-electron chi connectivity index (χ2n) is 5.09. The summed E-state index contributed by atoms with van der Waals surface area (Å²) >= 11 is 0. The van der Waals surface area contributed by atoms with Gasteiger partial charge in [-0.1, -0.05) is 44.2 Å². The maximum Gasteiger partial charge on any atom is 0.244 e. The smallest absolute Gasteiger partial charge is 0.244 e. The van der Waals surface area contributed by atoms with Gasteiger partial charge < -0.3 is 10.6 Å². The van der Waals surface area contributed by atoms with Gasteiger partial charge in [0.15, 0.2) is 0 Å². The SMILES string of the molecule is CC1CN(C(=O)C(N)c2ccccc2)CC1C. The van der Waals surface area contributed by atoms with Gasteiger partial charge >= 0.3 is 0 Å². The van der Waals surface area contributed by atoms with Crippen molar-refractivity contribution in [2.75, 3.05) is 13.1 Å². The van der Waals surface area contributed by atoms with Crippen LogP contribution in [-0.4, -0.2) is 23.9 Å². The molecule has 2 N–H and O–H groups in total. The van der Waals surface area contributed by atoms with Crippen molar-refractivity contribution in [2.45, 2.75) is 19.9 Å². The van der Waals surface area contributed by atoms with Gasteiger partial charge in [0.25, 0.3) is 0 Å². The molecule has 3 unspecified atom stereocenters. The number of carbonyl (C=O) groups is 1. The summed E-state index contributed by atoms with van der Waals surface area (Å²) in [6.45, 7) is 6.04. The minimum atomic E-state index is -0.520. The minimum absolute atomic E-state index is 0.0485. The Kier molecular flexibility index (Phi) is 3.48. The summed E-state index contributed by atoms with van der Waals surface area (Å²) in [5.74, 6) is 1.19. The molecule has 0 radical (unpaired) electrons. The van der Waals surface area contributed by atoms with Crippen LogP contribution in [0.25, 0.3) is 0 Å². The summed E-state index contributed by atoms with van der Waals surface area (Å²) in [7, 11) is 0. The average Bonchev–Trinajstić information content (AvgIpc) is 2.69. The predicted octanol–water partition coefficient (Wildman–Crippen LogP) is 1.80. The lowest BCUT2D eigenvalue weighted by atomic mass is 10.0. The third-order valence-electron chi connectivity index (χ3n) is 3.72. The summed E-state index contributed by atoms with van der Waals surface area (Å²) in [5, 5.41) is 0. The fourth-order valence-electron chi connectivity index (χ4n) is 2.31. The number of hydrogen-bond donors (Lipinski definition) is 1. The molecule has 0 aliphatic carbocycles. The van der Waals surface area contributed by atoms with E-state index in [1.807, 2.05) is 35.2 Å². The molecule has 2 rings (SSSR count). The van der Waals surface area contributed by atoms with Gasteiger partial charge in [0, 0.05) is 13.1 Å². The van der Waals surface area contributed by atoms with Crippen LogP contribution in [0, 0.1) is 11.8 Å². The van der Waals surface area contributed by atoms with Crippen LogP contribution < -0.4 is 5.73 Å². The Morgan fingerprint density at radius 2 is 1.76 bits per heavy atom. The molecule has 1 saturated heterocycles. The number of nitrogens with zero attached hydrogens (tertiary/aromatic N) is 1. The first-order chi connectivity index (χ1) is 8.09. The summed E-state index contributed by atoms with van der Waals surface area (Å²) in [6, 6.07) is 9.06. The van der Waals surface area contributed by atoms with Crippen LogP contribution >= 0.6 is 0 Å². The summed E-state index contributed by atoms with van der Waals surface area (Å²) in [4.78, 5) is 14.1. The maximum atomic E-state index is 12.2. The molecule has 3 nitrogen and oxygen atoms in total. The zero-order valence-corrected chi connectivity index (χ0v) is 10.5. The third-order valence-corrected chi connectivity index (χ3v) is 3.72. The number of likely N-dealkylation sites (tertiary alicyclic amines) is 1. The summed E-state index contributed by atoms with van der Waals surface area (Å²) in [6.07, 6.45) is 0. The van der Waals surface area contributed by atoms with E-state index in [4.69, 9.17) is 5.73 Å². The monoisotopic (exact) mass is 232 g/mol. The molecule has 0 spiro atoms. The number of benzene rings is 1. The Balaban J connectivity index is 2.06. The van der Waals surface area contributed by atoms with E-state index < -0.39 is 6.04 Å². The lowest BCUT2D eigenvalue weighted by Crippen LogP contribution is -2.37. The van der Waals surface area contributed by atoms with Crippen molar-refractivity contribution in [3.8, 4) is 0 Å². The molecule has 3 heteroatoms.